The number of methoxy groups -OCH3 is 1. The Morgan fingerprint density at radius 1 is 1.00 bits per heavy atom. The van der Waals surface area contributed by atoms with E-state index in [0.29, 0.717) is 32.8 Å². The molecule has 1 aliphatic rings. The van der Waals surface area contributed by atoms with Gasteiger partial charge in [0.1, 0.15) is 23.7 Å². The summed E-state index contributed by atoms with van der Waals surface area (Å²) in [4.78, 5) is 27.2. The van der Waals surface area contributed by atoms with Gasteiger partial charge in [-0.15, -0.1) is 0 Å². The normalized spacial score (nSPS) is 14.8. The molecule has 3 aromatic rings. The Kier molecular flexibility index (Phi) is 7.64. The number of benzene rings is 3. The highest BCUT2D eigenvalue weighted by atomic mass is 35.5. The molecule has 2 amide bonds. The molecular weight excluding hydrogens is 519 g/mol. The van der Waals surface area contributed by atoms with Gasteiger partial charge in [0.25, 0.3) is 11.8 Å². The third-order valence-electron chi connectivity index (χ3n) is 5.61. The minimum absolute atomic E-state index is 0.00171. The zero-order valence-corrected chi connectivity index (χ0v) is 22.1. The molecule has 1 aliphatic heterocycles. The van der Waals surface area contributed by atoms with Crippen LogP contribution in [0.5, 0.6) is 11.5 Å². The molecule has 0 spiro atoms. The van der Waals surface area contributed by atoms with Crippen molar-refractivity contribution in [2.24, 2.45) is 0 Å². The van der Waals surface area contributed by atoms with Crippen molar-refractivity contribution in [1.82, 2.24) is 5.32 Å². The second kappa shape index (κ2) is 10.7. The van der Waals surface area contributed by atoms with Gasteiger partial charge in [0.15, 0.2) is 5.11 Å². The molecule has 0 aromatic heterocycles. The van der Waals surface area contributed by atoms with Crippen molar-refractivity contribution >= 4 is 64.1 Å². The van der Waals surface area contributed by atoms with Crippen molar-refractivity contribution < 1.29 is 19.1 Å². The number of rotatable bonds is 6. The highest BCUT2D eigenvalue weighted by Gasteiger charge is 2.34. The van der Waals surface area contributed by atoms with Gasteiger partial charge in [-0.1, -0.05) is 29.3 Å². The van der Waals surface area contributed by atoms with Crippen molar-refractivity contribution in [3.8, 4) is 11.5 Å². The fourth-order valence-corrected chi connectivity index (χ4v) is 4.32. The topological polar surface area (TPSA) is 67.9 Å². The molecule has 1 saturated heterocycles. The summed E-state index contributed by atoms with van der Waals surface area (Å²) in [5.74, 6) is 0.180. The number of carbonyl (C=O) groups is 2. The Bertz CT molecular complexity index is 1380. The number of amides is 2. The van der Waals surface area contributed by atoms with Crippen LogP contribution in [0.4, 0.5) is 5.69 Å². The van der Waals surface area contributed by atoms with Gasteiger partial charge < -0.3 is 9.47 Å². The molecular formula is C27H22Cl2N2O4S. The molecule has 184 valence electrons. The summed E-state index contributed by atoms with van der Waals surface area (Å²) in [6, 6.07) is 15.7. The standard InChI is InChI=1S/C27H22Cl2N2O4S/c1-15-10-21(11-16(2)24(15)29)35-14-18-12-17(4-9-23(18)34-3)13-22-25(32)30-27(36)31(26(22)33)20-7-5-19(28)6-8-20/h4-13H,14H2,1-3H3,(H,30,32,36)/b22-13+. The number of aryl methyl sites for hydroxylation is 2. The summed E-state index contributed by atoms with van der Waals surface area (Å²) in [5, 5.41) is 3.80. The van der Waals surface area contributed by atoms with E-state index >= 15 is 0 Å². The highest BCUT2D eigenvalue weighted by Crippen LogP contribution is 2.29. The molecule has 4 rings (SSSR count). The predicted octanol–water partition coefficient (Wildman–Crippen LogP) is 6.03. The SMILES string of the molecule is COc1ccc(/C=C2\C(=O)NC(=S)N(c3ccc(Cl)cc3)C2=O)cc1COc1cc(C)c(Cl)c(C)c1. The number of anilines is 1. The van der Waals surface area contributed by atoms with Gasteiger partial charge in [-0.2, -0.15) is 0 Å². The van der Waals surface area contributed by atoms with Crippen molar-refractivity contribution in [2.75, 3.05) is 12.0 Å². The first-order chi connectivity index (χ1) is 17.2. The third kappa shape index (κ3) is 5.38. The fourth-order valence-electron chi connectivity index (χ4n) is 3.80. The van der Waals surface area contributed by atoms with Gasteiger partial charge in [0.05, 0.1) is 12.8 Å². The molecule has 1 heterocycles. The molecule has 1 fully saturated rings. The summed E-state index contributed by atoms with van der Waals surface area (Å²) in [6.07, 6.45) is 1.52. The van der Waals surface area contributed by atoms with Gasteiger partial charge in [0.2, 0.25) is 0 Å². The number of nitrogens with zero attached hydrogens (tertiary/aromatic N) is 1. The monoisotopic (exact) mass is 540 g/mol. The average molecular weight is 541 g/mol. The van der Waals surface area contributed by atoms with Crippen LogP contribution >= 0.6 is 35.4 Å². The van der Waals surface area contributed by atoms with E-state index < -0.39 is 11.8 Å². The lowest BCUT2D eigenvalue weighted by Crippen LogP contribution is -2.54. The molecule has 0 unspecified atom stereocenters. The second-order valence-corrected chi connectivity index (χ2v) is 9.37. The van der Waals surface area contributed by atoms with Gasteiger partial charge in [-0.25, -0.2) is 0 Å². The molecule has 0 atom stereocenters. The van der Waals surface area contributed by atoms with Crippen LogP contribution in [0.3, 0.4) is 0 Å². The van der Waals surface area contributed by atoms with E-state index in [2.05, 4.69) is 5.32 Å². The van der Waals surface area contributed by atoms with E-state index in [1.54, 1.807) is 43.5 Å². The smallest absolute Gasteiger partial charge is 0.270 e. The minimum Gasteiger partial charge on any atom is -0.496 e. The van der Waals surface area contributed by atoms with Gasteiger partial charge in [0, 0.05) is 15.6 Å². The molecule has 0 bridgehead atoms. The Morgan fingerprint density at radius 3 is 2.31 bits per heavy atom. The van der Waals surface area contributed by atoms with Crippen molar-refractivity contribution in [3.05, 3.63) is 92.5 Å². The number of nitrogens with one attached hydrogen (secondary N) is 1. The van der Waals surface area contributed by atoms with Crippen LogP contribution in [0.2, 0.25) is 10.0 Å². The molecule has 6 nitrogen and oxygen atoms in total. The van der Waals surface area contributed by atoms with Crippen LogP contribution in [-0.4, -0.2) is 24.0 Å². The van der Waals surface area contributed by atoms with Crippen LogP contribution in [0.15, 0.2) is 60.2 Å². The molecule has 9 heteroatoms. The first kappa shape index (κ1) is 25.7. The summed E-state index contributed by atoms with van der Waals surface area (Å²) in [6.45, 7) is 4.05. The maximum Gasteiger partial charge on any atom is 0.270 e. The quantitative estimate of drug-likeness (QED) is 0.235. The van der Waals surface area contributed by atoms with Gasteiger partial charge in [-0.05, 0) is 97.4 Å². The average Bonchev–Trinajstić information content (AvgIpc) is 2.84. The lowest BCUT2D eigenvalue weighted by atomic mass is 10.0. The zero-order valence-electron chi connectivity index (χ0n) is 19.7. The van der Waals surface area contributed by atoms with Crippen molar-refractivity contribution in [2.45, 2.75) is 20.5 Å². The number of carbonyl (C=O) groups excluding carboxylic acids is 2. The summed E-state index contributed by atoms with van der Waals surface area (Å²) in [7, 11) is 1.57. The number of halogens is 2. The molecule has 0 radical (unpaired) electrons. The number of hydrogen-bond donors (Lipinski definition) is 1. The van der Waals surface area contributed by atoms with E-state index in [-0.39, 0.29) is 17.3 Å². The number of thiocarbonyl (C=S) groups is 1. The van der Waals surface area contributed by atoms with E-state index in [1.807, 2.05) is 32.0 Å². The molecule has 36 heavy (non-hydrogen) atoms. The van der Waals surface area contributed by atoms with Crippen LogP contribution in [0.25, 0.3) is 6.08 Å². The summed E-state index contributed by atoms with van der Waals surface area (Å²) < 4.78 is 11.5. The van der Waals surface area contributed by atoms with Gasteiger partial charge in [-0.3, -0.25) is 19.8 Å². The van der Waals surface area contributed by atoms with Crippen molar-refractivity contribution in [3.63, 3.8) is 0 Å². The maximum atomic E-state index is 13.3. The van der Waals surface area contributed by atoms with Crippen LogP contribution in [0.1, 0.15) is 22.3 Å². The lowest BCUT2D eigenvalue weighted by Gasteiger charge is -2.29. The largest absolute Gasteiger partial charge is 0.496 e. The van der Waals surface area contributed by atoms with Crippen molar-refractivity contribution in [1.29, 1.82) is 0 Å². The Hall–Kier alpha value is -3.39. The van der Waals surface area contributed by atoms with E-state index in [1.165, 1.54) is 11.0 Å². The Labute approximate surface area is 224 Å². The zero-order chi connectivity index (χ0) is 26.0. The molecule has 1 N–H and O–H groups in total. The van der Waals surface area contributed by atoms with Gasteiger partial charge >= 0.3 is 0 Å². The molecule has 3 aromatic carbocycles. The third-order valence-corrected chi connectivity index (χ3v) is 6.74. The summed E-state index contributed by atoms with van der Waals surface area (Å²) >= 11 is 17.5. The van der Waals surface area contributed by atoms with Crippen LogP contribution < -0.4 is 19.7 Å². The van der Waals surface area contributed by atoms with E-state index in [9.17, 15) is 9.59 Å². The highest BCUT2D eigenvalue weighted by molar-refractivity contribution is 7.80. The number of ether oxygens (including phenoxy) is 2. The van der Waals surface area contributed by atoms with Crippen LogP contribution in [0, 0.1) is 13.8 Å². The Morgan fingerprint density at radius 2 is 1.67 bits per heavy atom. The number of hydrogen-bond acceptors (Lipinski definition) is 5. The maximum absolute atomic E-state index is 13.3. The first-order valence-corrected chi connectivity index (χ1v) is 12.1. The van der Waals surface area contributed by atoms with E-state index in [0.717, 1.165) is 16.7 Å². The fraction of sp³-hybridized carbons (Fsp3) is 0.148. The van der Waals surface area contributed by atoms with E-state index in [4.69, 9.17) is 44.9 Å². The molecule has 0 saturated carbocycles. The Balaban J connectivity index is 1.63. The minimum atomic E-state index is -0.573. The second-order valence-electron chi connectivity index (χ2n) is 8.17. The predicted molar refractivity (Wildman–Crippen MR) is 146 cm³/mol. The lowest BCUT2D eigenvalue weighted by molar-refractivity contribution is -0.122. The molecule has 0 aliphatic carbocycles. The van der Waals surface area contributed by atoms with Crippen LogP contribution in [-0.2, 0) is 16.2 Å². The summed E-state index contributed by atoms with van der Waals surface area (Å²) in [5.41, 5.74) is 3.65. The first-order valence-electron chi connectivity index (χ1n) is 10.9.